The largest absolute Gasteiger partial charge is 0.486 e. The van der Waals surface area contributed by atoms with Gasteiger partial charge in [-0.2, -0.15) is 26.3 Å². The number of aliphatic hydroxyl groups is 1. The van der Waals surface area contributed by atoms with Crippen molar-refractivity contribution in [1.29, 1.82) is 0 Å². The smallest absolute Gasteiger partial charge is 0.430 e. The first-order valence-electron chi connectivity index (χ1n) is 14.7. The van der Waals surface area contributed by atoms with Crippen LogP contribution in [0.25, 0.3) is 0 Å². The zero-order chi connectivity index (χ0) is 33.3. The van der Waals surface area contributed by atoms with E-state index >= 15 is 0 Å². The molecular weight excluding hydrogens is 618 g/mol. The number of imide groups is 1. The molecule has 0 bridgehead atoms. The number of aryl methyl sites for hydroxylation is 1. The van der Waals surface area contributed by atoms with Crippen LogP contribution < -0.4 is 14.8 Å². The molecule has 2 aliphatic rings. The third kappa shape index (κ3) is 6.24. The van der Waals surface area contributed by atoms with E-state index in [0.29, 0.717) is 73.2 Å². The number of fused-ring (bicyclic) bond motifs is 1. The number of carbonyl (C=O) groups is 2. The lowest BCUT2D eigenvalue weighted by molar-refractivity contribution is -0.376. The summed E-state index contributed by atoms with van der Waals surface area (Å²) in [5, 5.41) is 12.7. The molecule has 46 heavy (non-hydrogen) atoms. The second-order valence-electron chi connectivity index (χ2n) is 11.5. The Morgan fingerprint density at radius 2 is 1.50 bits per heavy atom. The zero-order valence-corrected chi connectivity index (χ0v) is 24.8. The van der Waals surface area contributed by atoms with Gasteiger partial charge in [-0.3, -0.25) is 9.69 Å². The summed E-state index contributed by atoms with van der Waals surface area (Å²) in [5.41, 5.74) is -5.68. The van der Waals surface area contributed by atoms with E-state index in [1.807, 2.05) is 0 Å². The van der Waals surface area contributed by atoms with Crippen molar-refractivity contribution < 1.29 is 50.5 Å². The van der Waals surface area contributed by atoms with Gasteiger partial charge in [0.05, 0.1) is 0 Å². The maximum absolute atomic E-state index is 13.6. The molecule has 0 aliphatic carbocycles. The molecule has 1 fully saturated rings. The third-order valence-electron chi connectivity index (χ3n) is 8.40. The average molecular weight is 651 g/mol. The van der Waals surface area contributed by atoms with Gasteiger partial charge < -0.3 is 19.9 Å². The lowest BCUT2D eigenvalue weighted by Crippen LogP contribution is -2.54. The molecular formula is C33H32F6N2O5. The molecule has 0 aromatic heterocycles. The number of carbonyl (C=O) groups excluding carboxylic acids is 2. The van der Waals surface area contributed by atoms with Crippen LogP contribution in [0, 0.1) is 0 Å². The van der Waals surface area contributed by atoms with E-state index in [4.69, 9.17) is 9.47 Å². The van der Waals surface area contributed by atoms with Crippen molar-refractivity contribution in [1.82, 2.24) is 10.2 Å². The van der Waals surface area contributed by atoms with Crippen molar-refractivity contribution in [2.24, 2.45) is 0 Å². The second-order valence-corrected chi connectivity index (χ2v) is 11.5. The highest BCUT2D eigenvalue weighted by atomic mass is 19.4. The van der Waals surface area contributed by atoms with Crippen LogP contribution in [0.4, 0.5) is 31.1 Å². The van der Waals surface area contributed by atoms with Crippen molar-refractivity contribution in [2.75, 3.05) is 19.8 Å². The standard InChI is InChI=1S/C33H32F6N2O5/c1-30(24-13-14-26-27(20-24)46-17-16-45-26)28(42)41(29(43)40-30)15-7-3-6-10-22-11-12-25(31(44,32(34,35)36)33(37,38)39)19-23(22)18-21-8-4-2-5-9-21/h2,4-5,8-9,11-14,19-20,44H,3,6-7,10,15-18H2,1H3,(H,40,43). The van der Waals surface area contributed by atoms with Crippen LogP contribution in [0.5, 0.6) is 11.5 Å². The fourth-order valence-electron chi connectivity index (χ4n) is 5.78. The molecule has 3 aromatic rings. The van der Waals surface area contributed by atoms with Gasteiger partial charge in [0.15, 0.2) is 11.5 Å². The molecule has 0 saturated carbocycles. The molecule has 0 spiro atoms. The minimum Gasteiger partial charge on any atom is -0.486 e. The molecule has 5 rings (SSSR count). The number of ether oxygens (including phenoxy) is 2. The van der Waals surface area contributed by atoms with Crippen molar-refractivity contribution >= 4 is 11.9 Å². The summed E-state index contributed by atoms with van der Waals surface area (Å²) < 4.78 is 92.7. The van der Waals surface area contributed by atoms with Gasteiger partial charge in [-0.15, -0.1) is 0 Å². The summed E-state index contributed by atoms with van der Waals surface area (Å²) in [6.07, 6.45) is -10.2. The monoisotopic (exact) mass is 650 g/mol. The van der Waals surface area contributed by atoms with E-state index in [1.54, 1.807) is 55.5 Å². The first-order valence-corrected chi connectivity index (χ1v) is 14.7. The first kappa shape index (κ1) is 33.1. The molecule has 1 atom stereocenters. The molecule has 2 heterocycles. The molecule has 246 valence electrons. The minimum atomic E-state index is -5.99. The Bertz CT molecular complexity index is 1580. The highest BCUT2D eigenvalue weighted by molar-refractivity contribution is 6.07. The summed E-state index contributed by atoms with van der Waals surface area (Å²) >= 11 is 0. The summed E-state index contributed by atoms with van der Waals surface area (Å²) in [6, 6.07) is 15.7. The van der Waals surface area contributed by atoms with Gasteiger partial charge in [0.2, 0.25) is 0 Å². The third-order valence-corrected chi connectivity index (χ3v) is 8.40. The van der Waals surface area contributed by atoms with E-state index in [1.165, 1.54) is 6.07 Å². The van der Waals surface area contributed by atoms with Gasteiger partial charge in [-0.1, -0.05) is 61.0 Å². The Labute approximate surface area is 261 Å². The number of hydrogen-bond acceptors (Lipinski definition) is 5. The summed E-state index contributed by atoms with van der Waals surface area (Å²) in [6.45, 7) is 2.49. The number of nitrogens with zero attached hydrogens (tertiary/aromatic N) is 1. The molecule has 2 aliphatic heterocycles. The second kappa shape index (κ2) is 12.5. The van der Waals surface area contributed by atoms with Crippen LogP contribution in [0.1, 0.15) is 54.0 Å². The fraction of sp³-hybridized carbons (Fsp3) is 0.394. The SMILES string of the molecule is CC1(c2ccc3c(c2)OCCO3)NC(=O)N(CCCCCc2ccc(C(O)(C(F)(F)F)C(F)(F)F)cc2Cc2ccccc2)C1=O. The maximum Gasteiger partial charge on any atom is 0.430 e. The Balaban J connectivity index is 1.26. The van der Waals surface area contributed by atoms with Crippen LogP contribution in [0.2, 0.25) is 0 Å². The molecule has 3 amide bonds. The van der Waals surface area contributed by atoms with Crippen LogP contribution in [-0.4, -0.2) is 54.1 Å². The molecule has 13 heteroatoms. The van der Waals surface area contributed by atoms with Crippen LogP contribution in [-0.2, 0) is 28.8 Å². The topological polar surface area (TPSA) is 88.1 Å². The van der Waals surface area contributed by atoms with Crippen molar-refractivity contribution in [3.05, 3.63) is 94.5 Å². The van der Waals surface area contributed by atoms with Crippen LogP contribution in [0.15, 0.2) is 66.7 Å². The molecule has 1 unspecified atom stereocenters. The fourth-order valence-corrected chi connectivity index (χ4v) is 5.78. The minimum absolute atomic E-state index is 0.0523. The predicted octanol–water partition coefficient (Wildman–Crippen LogP) is 6.54. The lowest BCUT2D eigenvalue weighted by Gasteiger charge is -2.33. The number of unbranched alkanes of at least 4 members (excludes halogenated alkanes) is 2. The number of rotatable bonds is 10. The molecule has 3 aromatic carbocycles. The number of benzene rings is 3. The van der Waals surface area contributed by atoms with Gasteiger partial charge in [-0.25, -0.2) is 4.79 Å². The van der Waals surface area contributed by atoms with Gasteiger partial charge in [-0.05, 0) is 67.0 Å². The quantitative estimate of drug-likeness (QED) is 0.148. The van der Waals surface area contributed by atoms with Gasteiger partial charge in [0.1, 0.15) is 18.8 Å². The number of nitrogens with one attached hydrogen (secondary N) is 1. The van der Waals surface area contributed by atoms with Crippen molar-refractivity contribution in [2.45, 2.75) is 62.5 Å². The van der Waals surface area contributed by atoms with Crippen molar-refractivity contribution in [3.63, 3.8) is 0 Å². The maximum atomic E-state index is 13.6. The predicted molar refractivity (Wildman–Crippen MR) is 154 cm³/mol. The highest BCUT2D eigenvalue weighted by Crippen LogP contribution is 2.50. The zero-order valence-electron chi connectivity index (χ0n) is 24.8. The van der Waals surface area contributed by atoms with E-state index in [2.05, 4.69) is 5.32 Å². The number of amides is 3. The van der Waals surface area contributed by atoms with Gasteiger partial charge >= 0.3 is 18.4 Å². The number of halogens is 6. The van der Waals surface area contributed by atoms with E-state index in [0.717, 1.165) is 11.0 Å². The Kier molecular flexibility index (Phi) is 9.00. The highest BCUT2D eigenvalue weighted by Gasteiger charge is 2.71. The van der Waals surface area contributed by atoms with Gasteiger partial charge in [0.25, 0.3) is 11.5 Å². The normalized spacial score (nSPS) is 18.6. The first-order chi connectivity index (χ1) is 21.6. The van der Waals surface area contributed by atoms with Crippen LogP contribution in [0.3, 0.4) is 0 Å². The summed E-state index contributed by atoms with van der Waals surface area (Å²) in [5.74, 6) is 0.591. The summed E-state index contributed by atoms with van der Waals surface area (Å²) in [7, 11) is 0. The Hall–Kier alpha value is -4.26. The molecule has 2 N–H and O–H groups in total. The summed E-state index contributed by atoms with van der Waals surface area (Å²) in [4.78, 5) is 27.3. The molecule has 0 radical (unpaired) electrons. The lowest BCUT2D eigenvalue weighted by atomic mass is 9.87. The van der Waals surface area contributed by atoms with Gasteiger partial charge in [0, 0.05) is 12.1 Å². The number of hydrogen-bond donors (Lipinski definition) is 2. The van der Waals surface area contributed by atoms with E-state index < -0.39 is 41.0 Å². The van der Waals surface area contributed by atoms with Crippen LogP contribution >= 0.6 is 0 Å². The average Bonchev–Trinajstić information content (AvgIpc) is 3.23. The Morgan fingerprint density at radius 1 is 0.826 bits per heavy atom. The van der Waals surface area contributed by atoms with E-state index in [9.17, 15) is 41.0 Å². The molecule has 1 saturated heterocycles. The molecule has 7 nitrogen and oxygen atoms in total. The van der Waals surface area contributed by atoms with E-state index in [-0.39, 0.29) is 18.5 Å². The van der Waals surface area contributed by atoms with Crippen molar-refractivity contribution in [3.8, 4) is 11.5 Å². The Morgan fingerprint density at radius 3 is 2.17 bits per heavy atom. The number of urea groups is 1. The number of alkyl halides is 6.